The predicted octanol–water partition coefficient (Wildman–Crippen LogP) is 2.17. The molecule has 0 saturated carbocycles. The van der Waals surface area contributed by atoms with E-state index in [1.165, 1.54) is 0 Å². The van der Waals surface area contributed by atoms with Crippen LogP contribution >= 0.6 is 11.6 Å². The van der Waals surface area contributed by atoms with Gasteiger partial charge in [-0.05, 0) is 38.5 Å². The molecule has 29 heavy (non-hydrogen) atoms. The summed E-state index contributed by atoms with van der Waals surface area (Å²) in [6, 6.07) is 5.40. The highest BCUT2D eigenvalue weighted by molar-refractivity contribution is 6.31. The van der Waals surface area contributed by atoms with Crippen LogP contribution in [0.3, 0.4) is 0 Å². The Kier molecular flexibility index (Phi) is 8.04. The number of aromatic nitrogens is 2. The molecular formula is C20H29ClN6O2. The average Bonchev–Trinajstić information content (AvgIpc) is 3.11. The Balaban J connectivity index is 1.89. The van der Waals surface area contributed by atoms with Crippen LogP contribution in [-0.2, 0) is 17.4 Å². The van der Waals surface area contributed by atoms with Crippen molar-refractivity contribution in [3.8, 4) is 0 Å². The summed E-state index contributed by atoms with van der Waals surface area (Å²) in [6.45, 7) is 6.71. The summed E-state index contributed by atoms with van der Waals surface area (Å²) in [5.41, 5.74) is 1.09. The van der Waals surface area contributed by atoms with E-state index in [4.69, 9.17) is 11.6 Å². The molecule has 0 bridgehead atoms. The number of aryl methyl sites for hydroxylation is 1. The van der Waals surface area contributed by atoms with Crippen LogP contribution in [0.2, 0.25) is 5.02 Å². The maximum absolute atomic E-state index is 12.2. The molecular weight excluding hydrogens is 392 g/mol. The first-order valence-electron chi connectivity index (χ1n) is 9.51. The number of hydrogen-bond donors (Lipinski definition) is 4. The highest BCUT2D eigenvalue weighted by Gasteiger charge is 2.24. The van der Waals surface area contributed by atoms with Crippen LogP contribution in [0.1, 0.15) is 31.4 Å². The van der Waals surface area contributed by atoms with E-state index in [1.807, 2.05) is 19.9 Å². The molecule has 0 aliphatic carbocycles. The predicted molar refractivity (Wildman–Crippen MR) is 116 cm³/mol. The van der Waals surface area contributed by atoms with Gasteiger partial charge in [-0.3, -0.25) is 9.48 Å². The van der Waals surface area contributed by atoms with Crippen molar-refractivity contribution < 1.29 is 9.90 Å². The molecule has 0 aliphatic rings. The van der Waals surface area contributed by atoms with Gasteiger partial charge in [0.05, 0.1) is 12.7 Å². The van der Waals surface area contributed by atoms with E-state index in [0.29, 0.717) is 35.3 Å². The lowest BCUT2D eigenvalue weighted by atomic mass is 10.0. The van der Waals surface area contributed by atoms with Crippen molar-refractivity contribution in [1.82, 2.24) is 20.4 Å². The number of nitrogens with one attached hydrogen (secondary N) is 3. The van der Waals surface area contributed by atoms with Crippen LogP contribution in [0, 0.1) is 6.92 Å². The average molecular weight is 421 g/mol. The zero-order valence-corrected chi connectivity index (χ0v) is 18.0. The summed E-state index contributed by atoms with van der Waals surface area (Å²) in [6.07, 6.45) is 3.64. The normalized spacial score (nSPS) is 13.7. The molecule has 2 aromatic rings. The van der Waals surface area contributed by atoms with Crippen molar-refractivity contribution >= 4 is 29.2 Å². The zero-order chi connectivity index (χ0) is 21.4. The fourth-order valence-corrected chi connectivity index (χ4v) is 2.79. The summed E-state index contributed by atoms with van der Waals surface area (Å²) < 4.78 is 1.64. The van der Waals surface area contributed by atoms with Crippen LogP contribution in [0.15, 0.2) is 35.6 Å². The van der Waals surface area contributed by atoms with E-state index in [1.54, 1.807) is 43.2 Å². The third-order valence-electron chi connectivity index (χ3n) is 4.40. The SMILES string of the molecule is CCNC(=NCC(C)(O)c1cnn(C)c1)NCCC(=O)Nc1cccc(Cl)c1C. The molecule has 1 heterocycles. The molecule has 0 radical (unpaired) electrons. The Morgan fingerprint density at radius 3 is 2.79 bits per heavy atom. The van der Waals surface area contributed by atoms with E-state index in [9.17, 15) is 9.90 Å². The molecule has 8 nitrogen and oxygen atoms in total. The van der Waals surface area contributed by atoms with Gasteiger partial charge in [0.2, 0.25) is 5.91 Å². The monoisotopic (exact) mass is 420 g/mol. The lowest BCUT2D eigenvalue weighted by molar-refractivity contribution is -0.116. The molecule has 1 aromatic heterocycles. The van der Waals surface area contributed by atoms with Crippen molar-refractivity contribution in [3.05, 3.63) is 46.7 Å². The number of guanidine groups is 1. The van der Waals surface area contributed by atoms with Gasteiger partial charge < -0.3 is 21.1 Å². The molecule has 2 rings (SSSR count). The van der Waals surface area contributed by atoms with Gasteiger partial charge in [-0.1, -0.05) is 17.7 Å². The number of benzene rings is 1. The second-order valence-corrected chi connectivity index (χ2v) is 7.42. The summed E-state index contributed by atoms with van der Waals surface area (Å²) in [7, 11) is 1.80. The van der Waals surface area contributed by atoms with Crippen LogP contribution < -0.4 is 16.0 Å². The number of anilines is 1. The number of carbonyl (C=O) groups is 1. The van der Waals surface area contributed by atoms with E-state index >= 15 is 0 Å². The zero-order valence-electron chi connectivity index (χ0n) is 17.3. The maximum atomic E-state index is 12.2. The summed E-state index contributed by atoms with van der Waals surface area (Å²) >= 11 is 6.08. The van der Waals surface area contributed by atoms with Gasteiger partial charge in [0.25, 0.3) is 0 Å². The van der Waals surface area contributed by atoms with Gasteiger partial charge in [0.1, 0.15) is 5.60 Å². The van der Waals surface area contributed by atoms with Crippen molar-refractivity contribution in [2.24, 2.45) is 12.0 Å². The lowest BCUT2D eigenvalue weighted by Gasteiger charge is -2.20. The molecule has 9 heteroatoms. The molecule has 158 valence electrons. The van der Waals surface area contributed by atoms with Gasteiger partial charge in [-0.15, -0.1) is 0 Å². The number of aliphatic hydroxyl groups is 1. The number of aliphatic imine (C=N–C) groups is 1. The van der Waals surface area contributed by atoms with Gasteiger partial charge in [-0.2, -0.15) is 5.10 Å². The van der Waals surface area contributed by atoms with Gasteiger partial charge in [-0.25, -0.2) is 4.99 Å². The topological polar surface area (TPSA) is 104 Å². The third kappa shape index (κ3) is 6.76. The van der Waals surface area contributed by atoms with Crippen LogP contribution in [0.5, 0.6) is 0 Å². The Hall–Kier alpha value is -2.58. The molecule has 1 aromatic carbocycles. The maximum Gasteiger partial charge on any atom is 0.226 e. The van der Waals surface area contributed by atoms with E-state index in [2.05, 4.69) is 26.0 Å². The first-order valence-corrected chi connectivity index (χ1v) is 9.89. The minimum Gasteiger partial charge on any atom is -0.383 e. The fraction of sp³-hybridized carbons (Fsp3) is 0.450. The number of hydrogen-bond acceptors (Lipinski definition) is 4. The van der Waals surface area contributed by atoms with Crippen LogP contribution in [0.4, 0.5) is 5.69 Å². The number of nitrogens with zero attached hydrogens (tertiary/aromatic N) is 3. The van der Waals surface area contributed by atoms with Crippen molar-refractivity contribution in [2.45, 2.75) is 32.8 Å². The van der Waals surface area contributed by atoms with Gasteiger partial charge in [0.15, 0.2) is 5.96 Å². The summed E-state index contributed by atoms with van der Waals surface area (Å²) in [5, 5.41) is 24.4. The molecule has 0 spiro atoms. The Bertz CT molecular complexity index is 862. The molecule has 1 atom stereocenters. The van der Waals surface area contributed by atoms with Gasteiger partial charge >= 0.3 is 0 Å². The second kappa shape index (κ2) is 10.3. The minimum atomic E-state index is -1.14. The first kappa shape index (κ1) is 22.7. The Labute approximate surface area is 176 Å². The van der Waals surface area contributed by atoms with Crippen molar-refractivity contribution in [2.75, 3.05) is 25.0 Å². The minimum absolute atomic E-state index is 0.124. The van der Waals surface area contributed by atoms with Crippen molar-refractivity contribution in [3.63, 3.8) is 0 Å². The molecule has 0 aliphatic heterocycles. The molecule has 4 N–H and O–H groups in total. The van der Waals surface area contributed by atoms with Crippen LogP contribution in [-0.4, -0.2) is 46.4 Å². The lowest BCUT2D eigenvalue weighted by Crippen LogP contribution is -2.40. The molecule has 1 amide bonds. The molecule has 0 saturated heterocycles. The van der Waals surface area contributed by atoms with Crippen molar-refractivity contribution in [1.29, 1.82) is 0 Å². The number of rotatable bonds is 8. The number of amides is 1. The van der Waals surface area contributed by atoms with E-state index in [0.717, 1.165) is 5.56 Å². The quantitative estimate of drug-likeness (QED) is 0.387. The van der Waals surface area contributed by atoms with Crippen LogP contribution in [0.25, 0.3) is 0 Å². The van der Waals surface area contributed by atoms with E-state index < -0.39 is 5.60 Å². The first-order chi connectivity index (χ1) is 13.7. The molecule has 1 unspecified atom stereocenters. The highest BCUT2D eigenvalue weighted by atomic mass is 35.5. The largest absolute Gasteiger partial charge is 0.383 e. The molecule has 0 fully saturated rings. The number of carbonyl (C=O) groups excluding carboxylic acids is 1. The standard InChI is InChI=1S/C20H29ClN6O2/c1-5-22-19(24-13-20(3,29)15-11-25-27(4)12-15)23-10-9-18(28)26-17-8-6-7-16(21)14(17)2/h6-8,11-12,29H,5,9-10,13H2,1-4H3,(H,26,28)(H2,22,23,24). The van der Waals surface area contributed by atoms with E-state index in [-0.39, 0.29) is 18.9 Å². The van der Waals surface area contributed by atoms with Gasteiger partial charge in [0, 0.05) is 49.0 Å². The fourth-order valence-electron chi connectivity index (χ4n) is 2.62. The summed E-state index contributed by atoms with van der Waals surface area (Å²) in [4.78, 5) is 16.7. The Morgan fingerprint density at radius 1 is 1.38 bits per heavy atom. The second-order valence-electron chi connectivity index (χ2n) is 7.01. The smallest absolute Gasteiger partial charge is 0.226 e. The third-order valence-corrected chi connectivity index (χ3v) is 4.81. The highest BCUT2D eigenvalue weighted by Crippen LogP contribution is 2.23. The Morgan fingerprint density at radius 2 is 2.14 bits per heavy atom. The number of halogens is 1. The summed E-state index contributed by atoms with van der Waals surface area (Å²) in [5.74, 6) is 0.407.